The monoisotopic (exact) mass is 333 g/mol. The highest BCUT2D eigenvalue weighted by atomic mass is 32.1. The Bertz CT molecular complexity index is 776. The maximum atomic E-state index is 12.7. The quantitative estimate of drug-likeness (QED) is 0.864. The van der Waals surface area contributed by atoms with Crippen LogP contribution in [0.25, 0.3) is 0 Å². The highest BCUT2D eigenvalue weighted by molar-refractivity contribution is 7.11. The van der Waals surface area contributed by atoms with Crippen LogP contribution in [0, 0.1) is 6.92 Å². The molecule has 2 rings (SSSR count). The Morgan fingerprint density at radius 1 is 1.30 bits per heavy atom. The lowest BCUT2D eigenvalue weighted by Gasteiger charge is -2.24. The van der Waals surface area contributed by atoms with Crippen molar-refractivity contribution in [3.05, 3.63) is 49.8 Å². The Labute approximate surface area is 140 Å². The van der Waals surface area contributed by atoms with Crippen LogP contribution >= 0.6 is 11.3 Å². The van der Waals surface area contributed by atoms with Crippen molar-refractivity contribution in [2.24, 2.45) is 7.05 Å². The molecule has 2 aromatic rings. The summed E-state index contributed by atoms with van der Waals surface area (Å²) < 4.78 is 1.42. The second-order valence-electron chi connectivity index (χ2n) is 6.12. The summed E-state index contributed by atoms with van der Waals surface area (Å²) in [5.41, 5.74) is 1.36. The summed E-state index contributed by atoms with van der Waals surface area (Å²) in [5.74, 6) is 0.274. The molecule has 0 aliphatic carbocycles. The highest BCUT2D eigenvalue weighted by Crippen LogP contribution is 2.32. The summed E-state index contributed by atoms with van der Waals surface area (Å²) in [6.45, 7) is 8.22. The van der Waals surface area contributed by atoms with Crippen LogP contribution in [0.2, 0.25) is 0 Å². The number of thiazole rings is 1. The van der Waals surface area contributed by atoms with Gasteiger partial charge in [0.2, 0.25) is 5.56 Å². The minimum atomic E-state index is -0.128. The largest absolute Gasteiger partial charge is 0.334 e. The topological polar surface area (TPSA) is 55.2 Å². The van der Waals surface area contributed by atoms with Gasteiger partial charge in [-0.05, 0) is 19.9 Å². The highest BCUT2D eigenvalue weighted by Gasteiger charge is 2.23. The second-order valence-corrected chi connectivity index (χ2v) is 7.18. The molecule has 1 amide bonds. The van der Waals surface area contributed by atoms with Crippen molar-refractivity contribution in [3.8, 4) is 0 Å². The van der Waals surface area contributed by atoms with Gasteiger partial charge >= 0.3 is 0 Å². The van der Waals surface area contributed by atoms with Gasteiger partial charge in [0, 0.05) is 37.2 Å². The molecule has 2 heterocycles. The van der Waals surface area contributed by atoms with Crippen LogP contribution in [0.5, 0.6) is 0 Å². The van der Waals surface area contributed by atoms with Crippen LogP contribution in [-0.4, -0.2) is 27.4 Å². The lowest BCUT2D eigenvalue weighted by Crippen LogP contribution is -2.30. The minimum Gasteiger partial charge on any atom is -0.334 e. The summed E-state index contributed by atoms with van der Waals surface area (Å²) in [4.78, 5) is 31.5. The van der Waals surface area contributed by atoms with Gasteiger partial charge in [-0.1, -0.05) is 13.8 Å². The van der Waals surface area contributed by atoms with E-state index >= 15 is 0 Å². The predicted octanol–water partition coefficient (Wildman–Crippen LogP) is 3.11. The van der Waals surface area contributed by atoms with Crippen molar-refractivity contribution in [1.82, 2.24) is 14.5 Å². The van der Waals surface area contributed by atoms with E-state index in [9.17, 15) is 9.59 Å². The molecule has 0 fully saturated rings. The maximum absolute atomic E-state index is 12.7. The fourth-order valence-corrected chi connectivity index (χ4v) is 3.51. The molecule has 2 aromatic heterocycles. The van der Waals surface area contributed by atoms with Gasteiger partial charge in [-0.15, -0.1) is 11.3 Å². The van der Waals surface area contributed by atoms with Crippen LogP contribution in [0.4, 0.5) is 0 Å². The zero-order valence-electron chi connectivity index (χ0n) is 14.5. The number of hydrogen-bond donors (Lipinski definition) is 0. The molecule has 1 atom stereocenters. The third-order valence-electron chi connectivity index (χ3n) is 3.96. The van der Waals surface area contributed by atoms with E-state index in [0.29, 0.717) is 11.5 Å². The molecule has 0 N–H and O–H groups in total. The lowest BCUT2D eigenvalue weighted by molar-refractivity contribution is 0.0743. The van der Waals surface area contributed by atoms with Crippen LogP contribution in [0.15, 0.2) is 23.1 Å². The van der Waals surface area contributed by atoms with Crippen molar-refractivity contribution < 1.29 is 4.79 Å². The van der Waals surface area contributed by atoms with E-state index in [-0.39, 0.29) is 17.5 Å². The predicted molar refractivity (Wildman–Crippen MR) is 93.1 cm³/mol. The van der Waals surface area contributed by atoms with Crippen molar-refractivity contribution in [3.63, 3.8) is 0 Å². The van der Waals surface area contributed by atoms with E-state index in [1.165, 1.54) is 10.6 Å². The summed E-state index contributed by atoms with van der Waals surface area (Å²) in [6.07, 6.45) is 1.58. The third-order valence-corrected chi connectivity index (χ3v) is 5.58. The first-order chi connectivity index (χ1) is 10.7. The number of nitrogens with zero attached hydrogens (tertiary/aromatic N) is 3. The van der Waals surface area contributed by atoms with Gasteiger partial charge < -0.3 is 9.47 Å². The lowest BCUT2D eigenvalue weighted by atomic mass is 10.1. The van der Waals surface area contributed by atoms with Crippen LogP contribution in [-0.2, 0) is 7.05 Å². The van der Waals surface area contributed by atoms with Gasteiger partial charge in [0.05, 0.1) is 22.3 Å². The zero-order valence-corrected chi connectivity index (χ0v) is 15.3. The average Bonchev–Trinajstić information content (AvgIpc) is 2.90. The van der Waals surface area contributed by atoms with Gasteiger partial charge in [0.1, 0.15) is 0 Å². The summed E-state index contributed by atoms with van der Waals surface area (Å²) in [7, 11) is 3.43. The van der Waals surface area contributed by atoms with E-state index in [4.69, 9.17) is 0 Å². The molecular formula is C17H23N3O2S. The number of pyridine rings is 1. The van der Waals surface area contributed by atoms with Crippen LogP contribution in [0.3, 0.4) is 0 Å². The van der Waals surface area contributed by atoms with E-state index in [1.54, 1.807) is 42.6 Å². The molecule has 0 saturated heterocycles. The molecule has 0 unspecified atom stereocenters. The number of rotatable bonds is 4. The first-order valence-corrected chi connectivity index (χ1v) is 8.45. The molecule has 0 spiro atoms. The first kappa shape index (κ1) is 17.4. The number of carbonyl (C=O) groups is 1. The Hall–Kier alpha value is -1.95. The molecule has 0 saturated carbocycles. The first-order valence-electron chi connectivity index (χ1n) is 7.63. The van der Waals surface area contributed by atoms with E-state index in [2.05, 4.69) is 18.8 Å². The Morgan fingerprint density at radius 2 is 1.96 bits per heavy atom. The van der Waals surface area contributed by atoms with Crippen molar-refractivity contribution >= 4 is 17.2 Å². The summed E-state index contributed by atoms with van der Waals surface area (Å²) >= 11 is 1.66. The molecule has 6 heteroatoms. The number of aryl methyl sites for hydroxylation is 2. The fraction of sp³-hybridized carbons (Fsp3) is 0.471. The van der Waals surface area contributed by atoms with Crippen molar-refractivity contribution in [2.45, 2.75) is 39.7 Å². The third kappa shape index (κ3) is 3.52. The minimum absolute atomic E-state index is 0.0651. The van der Waals surface area contributed by atoms with E-state index in [1.807, 2.05) is 13.8 Å². The molecule has 23 heavy (non-hydrogen) atoms. The fourth-order valence-electron chi connectivity index (χ4n) is 2.34. The molecule has 0 aliphatic heterocycles. The van der Waals surface area contributed by atoms with Gasteiger partial charge in [-0.3, -0.25) is 9.59 Å². The Balaban J connectivity index is 2.28. The summed E-state index contributed by atoms with van der Waals surface area (Å²) in [5, 5.41) is 1.09. The smallest absolute Gasteiger partial charge is 0.255 e. The van der Waals surface area contributed by atoms with Crippen LogP contribution in [0.1, 0.15) is 58.7 Å². The molecule has 0 radical (unpaired) electrons. The van der Waals surface area contributed by atoms with Gasteiger partial charge in [0.15, 0.2) is 0 Å². The summed E-state index contributed by atoms with van der Waals surface area (Å²) in [6, 6.07) is 2.93. The second kappa shape index (κ2) is 6.66. The van der Waals surface area contributed by atoms with Gasteiger partial charge in [0.25, 0.3) is 5.91 Å². The average molecular weight is 333 g/mol. The number of amides is 1. The Morgan fingerprint density at radius 3 is 2.48 bits per heavy atom. The molecule has 0 aromatic carbocycles. The van der Waals surface area contributed by atoms with E-state index < -0.39 is 0 Å². The normalized spacial score (nSPS) is 12.5. The van der Waals surface area contributed by atoms with Crippen LogP contribution < -0.4 is 5.56 Å². The molecule has 0 aliphatic rings. The maximum Gasteiger partial charge on any atom is 0.255 e. The number of hydrogen-bond acceptors (Lipinski definition) is 4. The molecule has 124 valence electrons. The van der Waals surface area contributed by atoms with Gasteiger partial charge in [-0.2, -0.15) is 0 Å². The molecule has 5 nitrogen and oxygen atoms in total. The molecule has 0 bridgehead atoms. The van der Waals surface area contributed by atoms with E-state index in [0.717, 1.165) is 15.6 Å². The SMILES string of the molecule is Cc1nc(C(C)C)sc1[C@H](C)N(C)C(=O)c1ccc(=O)n(C)c1. The number of aromatic nitrogens is 2. The standard InChI is InChI=1S/C17H23N3O2S/c1-10(2)16-18-11(3)15(23-16)12(4)20(6)17(22)13-7-8-14(21)19(5)9-13/h7-10,12H,1-6H3/t12-/m0/s1. The zero-order chi connectivity index (χ0) is 17.3. The van der Waals surface area contributed by atoms with Gasteiger partial charge in [-0.25, -0.2) is 4.98 Å². The van der Waals surface area contributed by atoms with Crippen molar-refractivity contribution in [1.29, 1.82) is 0 Å². The Kier molecular flexibility index (Phi) is 5.04. The molecular weight excluding hydrogens is 310 g/mol. The van der Waals surface area contributed by atoms with Crippen molar-refractivity contribution in [2.75, 3.05) is 7.05 Å². The number of carbonyl (C=O) groups excluding carboxylic acids is 1.